The third-order valence-corrected chi connectivity index (χ3v) is 6.03. The minimum atomic E-state index is -3.72. The molecule has 0 fully saturated rings. The molecule has 0 spiro atoms. The van der Waals surface area contributed by atoms with E-state index in [1.165, 1.54) is 11.1 Å². The quantitative estimate of drug-likeness (QED) is 0.712. The molecule has 1 amide bonds. The minimum Gasteiger partial charge on any atom is -0.444 e. The van der Waals surface area contributed by atoms with Crippen LogP contribution < -0.4 is 0 Å². The van der Waals surface area contributed by atoms with Crippen LogP contribution >= 0.6 is 15.9 Å². The maximum atomic E-state index is 12.8. The summed E-state index contributed by atoms with van der Waals surface area (Å²) >= 11 is 3.29. The summed E-state index contributed by atoms with van der Waals surface area (Å²) in [6.07, 6.45) is 1.03. The van der Waals surface area contributed by atoms with Crippen LogP contribution in [-0.2, 0) is 21.3 Å². The summed E-state index contributed by atoms with van der Waals surface area (Å²) in [6.45, 7) is 7.50. The molecule has 6 nitrogen and oxygen atoms in total. The zero-order valence-electron chi connectivity index (χ0n) is 15.5. The maximum absolute atomic E-state index is 12.8. The van der Waals surface area contributed by atoms with E-state index in [1.807, 2.05) is 6.92 Å². The first kappa shape index (κ1) is 20.5. The molecule has 0 saturated heterocycles. The number of aryl methyl sites for hydroxylation is 1. The van der Waals surface area contributed by atoms with Crippen molar-refractivity contribution in [2.45, 2.75) is 44.7 Å². The maximum Gasteiger partial charge on any atom is 0.410 e. The van der Waals surface area contributed by atoms with Crippen molar-refractivity contribution in [3.63, 3.8) is 0 Å². The van der Waals surface area contributed by atoms with Gasteiger partial charge in [0, 0.05) is 13.2 Å². The molecule has 0 aliphatic rings. The van der Waals surface area contributed by atoms with Crippen LogP contribution in [-0.4, -0.2) is 36.0 Å². The standard InChI is InChI=1S/C18H23BrN2O4S/c1-13-6-8-15(9-7-13)26(23,24)21-12-14(10-16(21)19)11-20(5)17(22)25-18(2,3)4/h6-10,12H,11H2,1-5H3. The highest BCUT2D eigenvalue weighted by atomic mass is 79.9. The molecule has 2 aromatic rings. The van der Waals surface area contributed by atoms with Gasteiger partial charge in [-0.05, 0) is 67.4 Å². The number of rotatable bonds is 4. The van der Waals surface area contributed by atoms with E-state index in [9.17, 15) is 13.2 Å². The van der Waals surface area contributed by atoms with E-state index in [0.717, 1.165) is 9.54 Å². The Morgan fingerprint density at radius 1 is 1.23 bits per heavy atom. The van der Waals surface area contributed by atoms with Crippen LogP contribution in [0.4, 0.5) is 4.79 Å². The molecule has 1 heterocycles. The summed E-state index contributed by atoms with van der Waals surface area (Å²) in [5.74, 6) is 0. The van der Waals surface area contributed by atoms with Crippen molar-refractivity contribution in [1.29, 1.82) is 0 Å². The average Bonchev–Trinajstić information content (AvgIpc) is 2.87. The van der Waals surface area contributed by atoms with Gasteiger partial charge in [0.15, 0.2) is 0 Å². The number of hydrogen-bond acceptors (Lipinski definition) is 4. The molecule has 142 valence electrons. The molecular formula is C18H23BrN2O4S. The highest BCUT2D eigenvalue weighted by Crippen LogP contribution is 2.24. The van der Waals surface area contributed by atoms with Crippen LogP contribution in [0.3, 0.4) is 0 Å². The summed E-state index contributed by atoms with van der Waals surface area (Å²) in [5.41, 5.74) is 1.06. The van der Waals surface area contributed by atoms with E-state index < -0.39 is 21.7 Å². The molecule has 0 bridgehead atoms. The van der Waals surface area contributed by atoms with Gasteiger partial charge in [0.2, 0.25) is 0 Å². The second-order valence-electron chi connectivity index (χ2n) is 7.12. The number of benzene rings is 1. The van der Waals surface area contributed by atoms with Gasteiger partial charge in [-0.25, -0.2) is 17.2 Å². The molecule has 0 atom stereocenters. The van der Waals surface area contributed by atoms with Crippen molar-refractivity contribution in [2.24, 2.45) is 0 Å². The van der Waals surface area contributed by atoms with Gasteiger partial charge in [0.1, 0.15) is 10.2 Å². The lowest BCUT2D eigenvalue weighted by Gasteiger charge is -2.24. The van der Waals surface area contributed by atoms with E-state index in [2.05, 4.69) is 15.9 Å². The van der Waals surface area contributed by atoms with E-state index >= 15 is 0 Å². The van der Waals surface area contributed by atoms with Crippen molar-refractivity contribution in [3.05, 3.63) is 52.3 Å². The fourth-order valence-electron chi connectivity index (χ4n) is 2.24. The van der Waals surface area contributed by atoms with Gasteiger partial charge < -0.3 is 9.64 Å². The van der Waals surface area contributed by atoms with Crippen LogP contribution in [0.5, 0.6) is 0 Å². The number of halogens is 1. The molecule has 0 N–H and O–H groups in total. The smallest absolute Gasteiger partial charge is 0.410 e. The number of ether oxygens (including phenoxy) is 1. The van der Waals surface area contributed by atoms with Gasteiger partial charge in [0.05, 0.1) is 11.4 Å². The first-order valence-electron chi connectivity index (χ1n) is 8.03. The normalized spacial score (nSPS) is 12.1. The third-order valence-electron chi connectivity index (χ3n) is 3.50. The Balaban J connectivity index is 2.23. The number of carbonyl (C=O) groups excluding carboxylic acids is 1. The number of amides is 1. The Morgan fingerprint density at radius 2 is 1.81 bits per heavy atom. The SMILES string of the molecule is Cc1ccc(S(=O)(=O)n2cc(CN(C)C(=O)OC(C)(C)C)cc2Br)cc1. The van der Waals surface area contributed by atoms with Crippen LogP contribution in [0.2, 0.25) is 0 Å². The average molecular weight is 443 g/mol. The monoisotopic (exact) mass is 442 g/mol. The predicted molar refractivity (Wildman–Crippen MR) is 104 cm³/mol. The largest absolute Gasteiger partial charge is 0.444 e. The van der Waals surface area contributed by atoms with Crippen molar-refractivity contribution >= 4 is 32.0 Å². The molecule has 26 heavy (non-hydrogen) atoms. The molecule has 0 aliphatic heterocycles. The fraction of sp³-hybridized carbons (Fsp3) is 0.389. The molecule has 1 aromatic heterocycles. The second-order valence-corrected chi connectivity index (χ2v) is 9.75. The highest BCUT2D eigenvalue weighted by Gasteiger charge is 2.23. The summed E-state index contributed by atoms with van der Waals surface area (Å²) in [6, 6.07) is 8.32. The van der Waals surface area contributed by atoms with Crippen LogP contribution in [0.1, 0.15) is 31.9 Å². The van der Waals surface area contributed by atoms with Gasteiger partial charge in [-0.15, -0.1) is 0 Å². The van der Waals surface area contributed by atoms with E-state index in [1.54, 1.807) is 58.2 Å². The molecule has 0 unspecified atom stereocenters. The second kappa shape index (κ2) is 7.44. The number of carbonyl (C=O) groups is 1. The molecule has 8 heteroatoms. The summed E-state index contributed by atoms with van der Waals surface area (Å²) in [5, 5.41) is 0. The van der Waals surface area contributed by atoms with Crippen LogP contribution in [0, 0.1) is 6.92 Å². The van der Waals surface area contributed by atoms with E-state index in [0.29, 0.717) is 10.2 Å². The first-order valence-corrected chi connectivity index (χ1v) is 10.3. The van der Waals surface area contributed by atoms with Crippen molar-refractivity contribution < 1.29 is 17.9 Å². The van der Waals surface area contributed by atoms with Crippen LogP contribution in [0.15, 0.2) is 46.0 Å². The van der Waals surface area contributed by atoms with E-state index in [4.69, 9.17) is 4.74 Å². The fourth-order valence-corrected chi connectivity index (χ4v) is 4.47. The van der Waals surface area contributed by atoms with E-state index in [-0.39, 0.29) is 11.4 Å². The highest BCUT2D eigenvalue weighted by molar-refractivity contribution is 9.10. The van der Waals surface area contributed by atoms with Crippen molar-refractivity contribution in [2.75, 3.05) is 7.05 Å². The van der Waals surface area contributed by atoms with Crippen molar-refractivity contribution in [3.8, 4) is 0 Å². The predicted octanol–water partition coefficient (Wildman–Crippen LogP) is 4.16. The lowest BCUT2D eigenvalue weighted by Crippen LogP contribution is -2.33. The molecule has 1 aromatic carbocycles. The molecular weight excluding hydrogens is 420 g/mol. The Bertz CT molecular complexity index is 896. The Morgan fingerprint density at radius 3 is 2.35 bits per heavy atom. The lowest BCUT2D eigenvalue weighted by atomic mass is 10.2. The Labute approximate surface area is 162 Å². The topological polar surface area (TPSA) is 68.6 Å². The third kappa shape index (κ3) is 4.88. The zero-order valence-corrected chi connectivity index (χ0v) is 17.9. The van der Waals surface area contributed by atoms with Gasteiger partial charge in [0.25, 0.3) is 10.0 Å². The number of aromatic nitrogens is 1. The molecule has 2 rings (SSSR count). The molecule has 0 radical (unpaired) electrons. The van der Waals surface area contributed by atoms with Gasteiger partial charge in [-0.2, -0.15) is 0 Å². The Kier molecular flexibility index (Phi) is 5.87. The number of nitrogens with zero attached hydrogens (tertiary/aromatic N) is 2. The first-order chi connectivity index (χ1) is 11.9. The van der Waals surface area contributed by atoms with Gasteiger partial charge in [-0.1, -0.05) is 17.7 Å². The zero-order chi connectivity index (χ0) is 19.7. The minimum absolute atomic E-state index is 0.200. The molecule has 0 saturated carbocycles. The summed E-state index contributed by atoms with van der Waals surface area (Å²) in [4.78, 5) is 13.7. The lowest BCUT2D eigenvalue weighted by molar-refractivity contribution is 0.0285. The summed E-state index contributed by atoms with van der Waals surface area (Å²) < 4.78 is 32.5. The van der Waals surface area contributed by atoms with Crippen LogP contribution in [0.25, 0.3) is 0 Å². The molecule has 0 aliphatic carbocycles. The Hall–Kier alpha value is -1.80. The van der Waals surface area contributed by atoms with Crippen molar-refractivity contribution in [1.82, 2.24) is 8.87 Å². The van der Waals surface area contributed by atoms with Gasteiger partial charge in [-0.3, -0.25) is 0 Å². The number of hydrogen-bond donors (Lipinski definition) is 0. The van der Waals surface area contributed by atoms with Gasteiger partial charge >= 0.3 is 6.09 Å². The summed E-state index contributed by atoms with van der Waals surface area (Å²) in [7, 11) is -2.11.